The topological polar surface area (TPSA) is 46.3 Å². The molecule has 0 aromatic carbocycles. The molecule has 0 aliphatic carbocycles. The fourth-order valence-electron chi connectivity index (χ4n) is 2.12. The highest BCUT2D eigenvalue weighted by molar-refractivity contribution is 5.79. The molecule has 0 bridgehead atoms. The summed E-state index contributed by atoms with van der Waals surface area (Å²) in [5.74, 6) is 0.169. The SMILES string of the molecule is CN1C(=O)C[C@H](N)[C@H]1C(C)(C)C. The standard InChI is InChI=1S/C9H18N2O/c1-9(2,3)8-6(10)5-7(12)11(8)4/h6,8H,5,10H2,1-4H3/t6-,8-/m0/s1. The molecule has 0 spiro atoms. The van der Waals surface area contributed by atoms with E-state index in [9.17, 15) is 4.79 Å². The van der Waals surface area contributed by atoms with Crippen molar-refractivity contribution in [1.82, 2.24) is 4.90 Å². The fraction of sp³-hybridized carbons (Fsp3) is 0.889. The zero-order valence-electron chi connectivity index (χ0n) is 8.29. The third-order valence-corrected chi connectivity index (χ3v) is 2.51. The van der Waals surface area contributed by atoms with Crippen LogP contribution in [0.5, 0.6) is 0 Å². The summed E-state index contributed by atoms with van der Waals surface area (Å²) in [4.78, 5) is 13.1. The van der Waals surface area contributed by atoms with Crippen LogP contribution in [0.25, 0.3) is 0 Å². The monoisotopic (exact) mass is 170 g/mol. The molecule has 0 saturated carbocycles. The number of carbonyl (C=O) groups excluding carboxylic acids is 1. The van der Waals surface area contributed by atoms with Crippen LogP contribution in [0.4, 0.5) is 0 Å². The molecule has 1 rings (SSSR count). The Balaban J connectivity index is 2.84. The number of nitrogens with two attached hydrogens (primary N) is 1. The molecule has 12 heavy (non-hydrogen) atoms. The summed E-state index contributed by atoms with van der Waals surface area (Å²) in [5, 5.41) is 0. The first kappa shape index (κ1) is 9.52. The minimum absolute atomic E-state index is 0.00231. The first-order valence-corrected chi connectivity index (χ1v) is 4.35. The second-order valence-electron chi connectivity index (χ2n) is 4.68. The van der Waals surface area contributed by atoms with E-state index in [1.165, 1.54) is 0 Å². The molecule has 1 heterocycles. The molecule has 2 N–H and O–H groups in total. The molecule has 3 heteroatoms. The maximum Gasteiger partial charge on any atom is 0.224 e. The van der Waals surface area contributed by atoms with Crippen LogP contribution in [-0.2, 0) is 4.79 Å². The molecule has 0 unspecified atom stereocenters. The lowest BCUT2D eigenvalue weighted by Crippen LogP contribution is -2.47. The van der Waals surface area contributed by atoms with Gasteiger partial charge in [0.05, 0.1) is 6.04 Å². The van der Waals surface area contributed by atoms with Gasteiger partial charge < -0.3 is 10.6 Å². The number of nitrogens with zero attached hydrogens (tertiary/aromatic N) is 1. The number of carbonyl (C=O) groups is 1. The number of rotatable bonds is 0. The zero-order valence-corrected chi connectivity index (χ0v) is 8.29. The van der Waals surface area contributed by atoms with Gasteiger partial charge in [0, 0.05) is 19.5 Å². The van der Waals surface area contributed by atoms with Crippen molar-refractivity contribution in [3.05, 3.63) is 0 Å². The van der Waals surface area contributed by atoms with Crippen LogP contribution in [0.1, 0.15) is 27.2 Å². The van der Waals surface area contributed by atoms with Gasteiger partial charge in [-0.2, -0.15) is 0 Å². The van der Waals surface area contributed by atoms with Crippen molar-refractivity contribution in [2.45, 2.75) is 39.3 Å². The minimum Gasteiger partial charge on any atom is -0.341 e. The predicted molar refractivity (Wildman–Crippen MR) is 48.6 cm³/mol. The van der Waals surface area contributed by atoms with Crippen LogP contribution < -0.4 is 5.73 Å². The van der Waals surface area contributed by atoms with Crippen molar-refractivity contribution in [3.8, 4) is 0 Å². The van der Waals surface area contributed by atoms with Gasteiger partial charge in [-0.05, 0) is 5.41 Å². The molecular weight excluding hydrogens is 152 g/mol. The maximum atomic E-state index is 11.3. The van der Waals surface area contributed by atoms with E-state index >= 15 is 0 Å². The van der Waals surface area contributed by atoms with E-state index in [-0.39, 0.29) is 23.4 Å². The number of likely N-dealkylation sites (N-methyl/N-ethyl adjacent to an activating group) is 1. The highest BCUT2D eigenvalue weighted by Crippen LogP contribution is 2.31. The van der Waals surface area contributed by atoms with Crippen molar-refractivity contribution in [2.75, 3.05) is 7.05 Å². The first-order chi connectivity index (χ1) is 5.34. The van der Waals surface area contributed by atoms with E-state index in [1.54, 1.807) is 4.90 Å². The Morgan fingerprint density at radius 2 is 2.00 bits per heavy atom. The van der Waals surface area contributed by atoms with Gasteiger partial charge in [0.25, 0.3) is 0 Å². The normalized spacial score (nSPS) is 31.4. The van der Waals surface area contributed by atoms with Crippen molar-refractivity contribution < 1.29 is 4.79 Å². The first-order valence-electron chi connectivity index (χ1n) is 4.35. The maximum absolute atomic E-state index is 11.3. The van der Waals surface area contributed by atoms with Gasteiger partial charge in [-0.3, -0.25) is 4.79 Å². The van der Waals surface area contributed by atoms with Gasteiger partial charge in [-0.1, -0.05) is 20.8 Å². The molecule has 1 aliphatic heterocycles. The molecule has 0 aromatic heterocycles. The Morgan fingerprint density at radius 3 is 2.17 bits per heavy atom. The van der Waals surface area contributed by atoms with Crippen LogP contribution in [-0.4, -0.2) is 29.9 Å². The molecule has 1 fully saturated rings. The third-order valence-electron chi connectivity index (χ3n) is 2.51. The summed E-state index contributed by atoms with van der Waals surface area (Å²) in [6.45, 7) is 6.35. The Morgan fingerprint density at radius 1 is 1.50 bits per heavy atom. The number of amides is 1. The Kier molecular flexibility index (Phi) is 2.17. The molecule has 0 aromatic rings. The Bertz CT molecular complexity index is 195. The van der Waals surface area contributed by atoms with Crippen LogP contribution in [0.2, 0.25) is 0 Å². The zero-order chi connectivity index (χ0) is 9.52. The van der Waals surface area contributed by atoms with Crippen LogP contribution >= 0.6 is 0 Å². The summed E-state index contributed by atoms with van der Waals surface area (Å²) in [7, 11) is 1.84. The average Bonchev–Trinajstić information content (AvgIpc) is 2.05. The van der Waals surface area contributed by atoms with E-state index < -0.39 is 0 Å². The van der Waals surface area contributed by atoms with Crippen molar-refractivity contribution in [3.63, 3.8) is 0 Å². The lowest BCUT2D eigenvalue weighted by molar-refractivity contribution is -0.128. The fourth-order valence-corrected chi connectivity index (χ4v) is 2.12. The lowest BCUT2D eigenvalue weighted by Gasteiger charge is -2.35. The van der Waals surface area contributed by atoms with E-state index in [1.807, 2.05) is 7.05 Å². The summed E-state index contributed by atoms with van der Waals surface area (Å²) >= 11 is 0. The van der Waals surface area contributed by atoms with E-state index in [0.717, 1.165) is 0 Å². The molecule has 2 atom stereocenters. The number of likely N-dealkylation sites (tertiary alicyclic amines) is 1. The summed E-state index contributed by atoms with van der Waals surface area (Å²) in [6.07, 6.45) is 0.498. The van der Waals surface area contributed by atoms with Gasteiger partial charge in [-0.25, -0.2) is 0 Å². The van der Waals surface area contributed by atoms with Crippen molar-refractivity contribution >= 4 is 5.91 Å². The second-order valence-corrected chi connectivity index (χ2v) is 4.68. The summed E-state index contributed by atoms with van der Waals surface area (Å²) < 4.78 is 0. The molecule has 3 nitrogen and oxygen atoms in total. The number of hydrogen-bond acceptors (Lipinski definition) is 2. The minimum atomic E-state index is 0.00231. The lowest BCUT2D eigenvalue weighted by atomic mass is 9.83. The average molecular weight is 170 g/mol. The summed E-state index contributed by atoms with van der Waals surface area (Å²) in [6, 6.07) is 0.187. The van der Waals surface area contributed by atoms with Gasteiger partial charge >= 0.3 is 0 Å². The smallest absolute Gasteiger partial charge is 0.224 e. The Labute approximate surface area is 73.9 Å². The predicted octanol–water partition coefficient (Wildman–Crippen LogP) is 0.590. The van der Waals surface area contributed by atoms with Gasteiger partial charge in [0.15, 0.2) is 0 Å². The molecule has 1 aliphatic rings. The quantitative estimate of drug-likeness (QED) is 0.578. The third kappa shape index (κ3) is 1.46. The van der Waals surface area contributed by atoms with Gasteiger partial charge in [-0.15, -0.1) is 0 Å². The van der Waals surface area contributed by atoms with Crippen LogP contribution in [0, 0.1) is 5.41 Å². The highest BCUT2D eigenvalue weighted by Gasteiger charge is 2.41. The molecule has 0 radical (unpaired) electrons. The Hall–Kier alpha value is -0.570. The van der Waals surface area contributed by atoms with Crippen LogP contribution in [0.15, 0.2) is 0 Å². The van der Waals surface area contributed by atoms with E-state index in [4.69, 9.17) is 5.73 Å². The van der Waals surface area contributed by atoms with E-state index in [0.29, 0.717) is 6.42 Å². The van der Waals surface area contributed by atoms with Gasteiger partial charge in [0.2, 0.25) is 5.91 Å². The van der Waals surface area contributed by atoms with E-state index in [2.05, 4.69) is 20.8 Å². The molecule has 1 amide bonds. The molecule has 70 valence electrons. The largest absolute Gasteiger partial charge is 0.341 e. The highest BCUT2D eigenvalue weighted by atomic mass is 16.2. The second kappa shape index (κ2) is 2.73. The number of hydrogen-bond donors (Lipinski definition) is 1. The van der Waals surface area contributed by atoms with Crippen LogP contribution in [0.3, 0.4) is 0 Å². The molecule has 1 saturated heterocycles. The van der Waals surface area contributed by atoms with Crippen molar-refractivity contribution in [1.29, 1.82) is 0 Å². The molecular formula is C9H18N2O. The van der Waals surface area contributed by atoms with Crippen molar-refractivity contribution in [2.24, 2.45) is 11.1 Å². The summed E-state index contributed by atoms with van der Waals surface area (Å²) in [5.41, 5.74) is 5.97. The van der Waals surface area contributed by atoms with Gasteiger partial charge in [0.1, 0.15) is 0 Å².